The molecule has 2 fully saturated rings. The molecule has 2 aromatic carbocycles. The molecule has 0 heterocycles. The summed E-state index contributed by atoms with van der Waals surface area (Å²) in [6, 6.07) is 9.82. The smallest absolute Gasteiger partial charge is 0.267 e. The third-order valence-corrected chi connectivity index (χ3v) is 8.46. The lowest BCUT2D eigenvalue weighted by molar-refractivity contribution is 0.119. The Hall–Kier alpha value is -2.17. The summed E-state index contributed by atoms with van der Waals surface area (Å²) in [6.07, 6.45) is 9.83. The average molecular weight is 503 g/mol. The minimum absolute atomic E-state index is 0.0728. The second-order valence-electron chi connectivity index (χ2n) is 10.8. The molecule has 2 aliphatic rings. The Kier molecular flexibility index (Phi) is 9.61. The van der Waals surface area contributed by atoms with Gasteiger partial charge in [0, 0.05) is 0 Å². The predicted molar refractivity (Wildman–Crippen MR) is 139 cm³/mol. The monoisotopic (exact) mass is 502 g/mol. The summed E-state index contributed by atoms with van der Waals surface area (Å²) in [5.41, 5.74) is 0.118. The summed E-state index contributed by atoms with van der Waals surface area (Å²) in [4.78, 5) is 0. The van der Waals surface area contributed by atoms with Crippen molar-refractivity contribution in [3.63, 3.8) is 0 Å². The zero-order chi connectivity index (χ0) is 25.5. The van der Waals surface area contributed by atoms with Crippen LogP contribution in [0.2, 0.25) is 0 Å². The van der Waals surface area contributed by atoms with Crippen LogP contribution in [0.3, 0.4) is 0 Å². The summed E-state index contributed by atoms with van der Waals surface area (Å²) in [6.45, 7) is 5.06. The van der Waals surface area contributed by atoms with Gasteiger partial charge in [-0.1, -0.05) is 44.7 Å². The van der Waals surface area contributed by atoms with Crippen molar-refractivity contribution >= 4 is 0 Å². The molecule has 2 saturated carbocycles. The normalized spacial score (nSPS) is 24.6. The lowest BCUT2D eigenvalue weighted by Gasteiger charge is -2.37. The molecule has 0 radical (unpaired) electrons. The van der Waals surface area contributed by atoms with Crippen LogP contribution in [0.25, 0.3) is 11.1 Å². The third-order valence-electron chi connectivity index (χ3n) is 8.46. The lowest BCUT2D eigenvalue weighted by atomic mass is 9.69. The molecule has 36 heavy (non-hydrogen) atoms. The van der Waals surface area contributed by atoms with Gasteiger partial charge in [-0.05, 0) is 105 Å². The molecule has 2 nitrogen and oxygen atoms in total. The van der Waals surface area contributed by atoms with E-state index >= 15 is 4.39 Å². The van der Waals surface area contributed by atoms with Gasteiger partial charge < -0.3 is 9.47 Å². The largest absolute Gasteiger partial charge is 0.494 e. The second-order valence-corrected chi connectivity index (χ2v) is 10.8. The summed E-state index contributed by atoms with van der Waals surface area (Å²) in [7, 11) is 0. The van der Waals surface area contributed by atoms with Crippen LogP contribution in [0, 0.1) is 29.5 Å². The summed E-state index contributed by atoms with van der Waals surface area (Å²) in [5.74, 6) is 2.59. The van der Waals surface area contributed by atoms with E-state index < -0.39 is 17.8 Å². The van der Waals surface area contributed by atoms with Crippen molar-refractivity contribution in [2.24, 2.45) is 23.7 Å². The summed E-state index contributed by atoms with van der Waals surface area (Å²) < 4.78 is 54.2. The average Bonchev–Trinajstić information content (AvgIpc) is 2.89. The highest BCUT2D eigenvalue weighted by atomic mass is 19.3. The van der Waals surface area contributed by atoms with Gasteiger partial charge in [0.2, 0.25) is 0 Å². The van der Waals surface area contributed by atoms with Crippen molar-refractivity contribution in [2.75, 3.05) is 13.2 Å². The molecule has 4 rings (SSSR count). The second kappa shape index (κ2) is 12.9. The first-order chi connectivity index (χ1) is 17.5. The first-order valence-electron chi connectivity index (χ1n) is 14.0. The lowest BCUT2D eigenvalue weighted by Crippen LogP contribution is -2.27. The number of hydrogen-bond acceptors (Lipinski definition) is 2. The SMILES string of the molecule is CCCC1CCC(C2CCC(COc3ccc(-c4ccc(OCC)cc4)c(C(F)F)c3F)CC2)CC1. The van der Waals surface area contributed by atoms with E-state index in [2.05, 4.69) is 6.92 Å². The number of ether oxygens (including phenoxy) is 2. The van der Waals surface area contributed by atoms with Crippen molar-refractivity contribution in [3.8, 4) is 22.6 Å². The van der Waals surface area contributed by atoms with Gasteiger partial charge in [0.05, 0.1) is 18.8 Å². The van der Waals surface area contributed by atoms with Gasteiger partial charge in [-0.3, -0.25) is 0 Å². The van der Waals surface area contributed by atoms with Gasteiger partial charge in [-0.15, -0.1) is 0 Å². The molecule has 0 unspecified atom stereocenters. The Morgan fingerprint density at radius 1 is 0.778 bits per heavy atom. The fourth-order valence-electron chi connectivity index (χ4n) is 6.44. The van der Waals surface area contributed by atoms with Crippen LogP contribution in [0.5, 0.6) is 11.5 Å². The molecule has 2 aliphatic carbocycles. The molecule has 0 N–H and O–H groups in total. The van der Waals surface area contributed by atoms with Crippen molar-refractivity contribution < 1.29 is 22.6 Å². The van der Waals surface area contributed by atoms with Crippen LogP contribution >= 0.6 is 0 Å². The number of benzene rings is 2. The third kappa shape index (κ3) is 6.58. The molecule has 0 atom stereocenters. The number of halogens is 3. The maximum Gasteiger partial charge on any atom is 0.267 e. The summed E-state index contributed by atoms with van der Waals surface area (Å²) >= 11 is 0. The Labute approximate surface area is 214 Å². The predicted octanol–water partition coefficient (Wildman–Crippen LogP) is 9.62. The molecule has 2 aromatic rings. The molecule has 0 aromatic heterocycles. The van der Waals surface area contributed by atoms with Gasteiger partial charge in [0.25, 0.3) is 6.43 Å². The zero-order valence-corrected chi connectivity index (χ0v) is 21.8. The number of rotatable bonds is 10. The Morgan fingerprint density at radius 3 is 1.94 bits per heavy atom. The first-order valence-corrected chi connectivity index (χ1v) is 14.0. The molecule has 0 spiro atoms. The Morgan fingerprint density at radius 2 is 1.39 bits per heavy atom. The standard InChI is InChI=1S/C31H41F3O2/c1-3-5-21-6-10-23(11-7-21)24-12-8-22(9-13-24)20-36-28-19-18-27(29(30(28)32)31(33)34)25-14-16-26(17-15-25)35-4-2/h14-19,21-24,31H,3-13,20H2,1-2H3. The van der Waals surface area contributed by atoms with E-state index in [1.165, 1.54) is 57.4 Å². The van der Waals surface area contributed by atoms with Crippen molar-refractivity contribution in [1.29, 1.82) is 0 Å². The zero-order valence-electron chi connectivity index (χ0n) is 21.8. The van der Waals surface area contributed by atoms with Gasteiger partial charge >= 0.3 is 0 Å². The van der Waals surface area contributed by atoms with Gasteiger partial charge in [-0.2, -0.15) is 0 Å². The highest BCUT2D eigenvalue weighted by molar-refractivity contribution is 5.69. The number of alkyl halides is 2. The van der Waals surface area contributed by atoms with Gasteiger partial charge in [-0.25, -0.2) is 13.2 Å². The fourth-order valence-corrected chi connectivity index (χ4v) is 6.44. The molecule has 0 bridgehead atoms. The van der Waals surface area contributed by atoms with Crippen molar-refractivity contribution in [2.45, 2.75) is 84.5 Å². The van der Waals surface area contributed by atoms with E-state index in [-0.39, 0.29) is 11.3 Å². The highest BCUT2D eigenvalue weighted by Crippen LogP contribution is 2.43. The van der Waals surface area contributed by atoms with Crippen LogP contribution in [0.1, 0.15) is 90.0 Å². The minimum atomic E-state index is -2.93. The molecule has 0 aliphatic heterocycles. The first kappa shape index (κ1) is 26.9. The van der Waals surface area contributed by atoms with Crippen LogP contribution in [-0.2, 0) is 0 Å². The van der Waals surface area contributed by atoms with E-state index in [0.29, 0.717) is 30.4 Å². The van der Waals surface area contributed by atoms with Crippen molar-refractivity contribution in [3.05, 3.63) is 47.8 Å². The van der Waals surface area contributed by atoms with E-state index in [1.807, 2.05) is 6.92 Å². The Bertz CT molecular complexity index is 943. The molecular weight excluding hydrogens is 461 g/mol. The maximum absolute atomic E-state index is 15.2. The minimum Gasteiger partial charge on any atom is -0.494 e. The van der Waals surface area contributed by atoms with Crippen LogP contribution in [0.4, 0.5) is 13.2 Å². The molecule has 0 saturated heterocycles. The van der Waals surface area contributed by atoms with Crippen LogP contribution < -0.4 is 9.47 Å². The molecule has 198 valence electrons. The highest BCUT2D eigenvalue weighted by Gasteiger charge is 2.31. The van der Waals surface area contributed by atoms with Crippen LogP contribution in [0.15, 0.2) is 36.4 Å². The van der Waals surface area contributed by atoms with E-state index in [4.69, 9.17) is 9.47 Å². The van der Waals surface area contributed by atoms with E-state index in [0.717, 1.165) is 30.6 Å². The number of hydrogen-bond donors (Lipinski definition) is 0. The Balaban J connectivity index is 1.33. The fraction of sp³-hybridized carbons (Fsp3) is 0.613. The van der Waals surface area contributed by atoms with Gasteiger partial charge in [0.15, 0.2) is 11.6 Å². The maximum atomic E-state index is 15.2. The molecule has 0 amide bonds. The van der Waals surface area contributed by atoms with E-state index in [1.54, 1.807) is 30.3 Å². The quantitative estimate of drug-likeness (QED) is 0.322. The van der Waals surface area contributed by atoms with Gasteiger partial charge in [0.1, 0.15) is 5.75 Å². The van der Waals surface area contributed by atoms with E-state index in [9.17, 15) is 8.78 Å². The molecule has 5 heteroatoms. The topological polar surface area (TPSA) is 18.5 Å². The summed E-state index contributed by atoms with van der Waals surface area (Å²) in [5, 5.41) is 0. The molecular formula is C31H41F3O2. The van der Waals surface area contributed by atoms with Crippen LogP contribution in [-0.4, -0.2) is 13.2 Å². The van der Waals surface area contributed by atoms with Crippen molar-refractivity contribution in [1.82, 2.24) is 0 Å².